The van der Waals surface area contributed by atoms with Gasteiger partial charge in [-0.25, -0.2) is 19.4 Å². The molecule has 0 bridgehead atoms. The molecule has 28 heavy (non-hydrogen) atoms. The quantitative estimate of drug-likeness (QED) is 0.398. The lowest BCUT2D eigenvalue weighted by molar-refractivity contribution is 0.0602. The van der Waals surface area contributed by atoms with Gasteiger partial charge in [-0.3, -0.25) is 9.36 Å². The van der Waals surface area contributed by atoms with Crippen molar-refractivity contribution in [2.75, 3.05) is 12.9 Å². The summed E-state index contributed by atoms with van der Waals surface area (Å²) in [4.78, 5) is 33.6. The van der Waals surface area contributed by atoms with Crippen LogP contribution in [-0.4, -0.2) is 53.2 Å². The summed E-state index contributed by atoms with van der Waals surface area (Å²) >= 11 is 1.52. The molecule has 0 amide bonds. The molecule has 4 aromatic heterocycles. The number of nitrogens with one attached hydrogen (secondary N) is 1. The molecule has 0 unspecified atom stereocenters. The summed E-state index contributed by atoms with van der Waals surface area (Å²) in [5.74, 6) is 0.705. The molecule has 0 fully saturated rings. The molecule has 0 aliphatic rings. The third kappa shape index (κ3) is 2.83. The zero-order valence-corrected chi connectivity index (χ0v) is 16.3. The van der Waals surface area contributed by atoms with Crippen molar-refractivity contribution in [3.8, 4) is 5.95 Å². The lowest BCUT2D eigenvalue weighted by Gasteiger charge is -2.05. The van der Waals surface area contributed by atoms with Crippen LogP contribution in [-0.2, 0) is 4.74 Å². The number of methoxy groups -OCH3 is 1. The number of nitrogens with zero attached hydrogens (tertiary/aromatic N) is 6. The minimum absolute atomic E-state index is 0.279. The number of thioether (sulfide) groups is 1. The van der Waals surface area contributed by atoms with Gasteiger partial charge in [-0.1, -0.05) is 18.7 Å². The summed E-state index contributed by atoms with van der Waals surface area (Å²) in [5.41, 5.74) is 1.31. The summed E-state index contributed by atoms with van der Waals surface area (Å²) < 4.78 is 7.66. The van der Waals surface area contributed by atoms with Crippen molar-refractivity contribution in [1.82, 2.24) is 34.3 Å². The first-order valence-electron chi connectivity index (χ1n) is 8.58. The number of aryl methyl sites for hydroxylation is 1. The van der Waals surface area contributed by atoms with Gasteiger partial charge >= 0.3 is 5.97 Å². The maximum absolute atomic E-state index is 13.0. The Hall–Kier alpha value is -3.21. The Balaban J connectivity index is 1.86. The second-order valence-corrected chi connectivity index (χ2v) is 7.09. The van der Waals surface area contributed by atoms with E-state index in [9.17, 15) is 9.59 Å². The number of carbonyl (C=O) groups excluding carboxylic acids is 1. The summed E-state index contributed by atoms with van der Waals surface area (Å²) in [7, 11) is 1.30. The van der Waals surface area contributed by atoms with Crippen molar-refractivity contribution >= 4 is 34.3 Å². The normalized spacial score (nSPS) is 11.4. The number of carbonyl (C=O) groups is 1. The number of ether oxygens (including phenoxy) is 1. The molecule has 4 aromatic rings. The van der Waals surface area contributed by atoms with E-state index in [0.717, 1.165) is 12.2 Å². The minimum atomic E-state index is -0.522. The average Bonchev–Trinajstić information content (AvgIpc) is 3.29. The van der Waals surface area contributed by atoms with Gasteiger partial charge < -0.3 is 4.74 Å². The van der Waals surface area contributed by atoms with E-state index in [1.165, 1.54) is 34.2 Å². The Bertz CT molecular complexity index is 1260. The van der Waals surface area contributed by atoms with Gasteiger partial charge in [-0.05, 0) is 19.4 Å². The molecule has 0 radical (unpaired) electrons. The average molecular weight is 399 g/mol. The molecule has 1 N–H and O–H groups in total. The number of fused-ring (bicyclic) bond motifs is 3. The van der Waals surface area contributed by atoms with Gasteiger partial charge in [0.1, 0.15) is 5.56 Å². The fourth-order valence-electron chi connectivity index (χ4n) is 2.89. The van der Waals surface area contributed by atoms with E-state index < -0.39 is 5.97 Å². The van der Waals surface area contributed by atoms with E-state index in [-0.39, 0.29) is 11.1 Å². The van der Waals surface area contributed by atoms with Crippen LogP contribution in [0.1, 0.15) is 29.4 Å². The lowest BCUT2D eigenvalue weighted by Crippen LogP contribution is -2.20. The van der Waals surface area contributed by atoms with Gasteiger partial charge in [0.05, 0.1) is 23.7 Å². The third-order valence-electron chi connectivity index (χ3n) is 4.19. The third-order valence-corrected chi connectivity index (χ3v) is 5.25. The zero-order valence-electron chi connectivity index (χ0n) is 15.5. The molecule has 0 aliphatic heterocycles. The second-order valence-electron chi connectivity index (χ2n) is 6.03. The first-order chi connectivity index (χ1) is 13.5. The standard InChI is InChI=1S/C17H17N7O3S/c1-4-7-28-17-19-16(20-21-17)23-6-5-11-10(14(23)25)8-18-13-12(15(26)27-3)9(2)22-24(11)13/h5-6,8H,4,7H2,1-3H3,(H,19,20,21). The Labute approximate surface area is 162 Å². The summed E-state index contributed by atoms with van der Waals surface area (Å²) in [6.45, 7) is 3.77. The van der Waals surface area contributed by atoms with Crippen molar-refractivity contribution in [2.45, 2.75) is 25.4 Å². The predicted octanol–water partition coefficient (Wildman–Crippen LogP) is 1.75. The maximum atomic E-state index is 13.0. The van der Waals surface area contributed by atoms with Crippen molar-refractivity contribution in [3.63, 3.8) is 0 Å². The summed E-state index contributed by atoms with van der Waals surface area (Å²) in [5, 5.41) is 12.2. The van der Waals surface area contributed by atoms with Gasteiger partial charge in [0.15, 0.2) is 5.65 Å². The molecule has 11 heteroatoms. The molecule has 0 aliphatic carbocycles. The van der Waals surface area contributed by atoms with E-state index >= 15 is 0 Å². The molecule has 4 rings (SSSR count). The zero-order chi connectivity index (χ0) is 19.8. The SMILES string of the molecule is CCCSc1n[nH]c(-n2ccc3c(cnc4c(C(=O)OC)c(C)nn43)c2=O)n1. The molecule has 10 nitrogen and oxygen atoms in total. The number of H-pyrrole nitrogens is 1. The number of hydrogen-bond acceptors (Lipinski definition) is 8. The number of esters is 1. The van der Waals surface area contributed by atoms with E-state index in [2.05, 4.69) is 32.2 Å². The van der Waals surface area contributed by atoms with Crippen molar-refractivity contribution in [1.29, 1.82) is 0 Å². The van der Waals surface area contributed by atoms with Crippen LogP contribution in [0, 0.1) is 6.92 Å². The molecule has 144 valence electrons. The molecule has 4 heterocycles. The van der Waals surface area contributed by atoms with Gasteiger partial charge in [-0.2, -0.15) is 10.1 Å². The number of hydrogen-bond donors (Lipinski definition) is 1. The highest BCUT2D eigenvalue weighted by Crippen LogP contribution is 2.19. The van der Waals surface area contributed by atoms with E-state index in [1.807, 2.05) is 0 Å². The molecular formula is C17H17N7O3S. The first-order valence-corrected chi connectivity index (χ1v) is 9.57. The Morgan fingerprint density at radius 3 is 2.96 bits per heavy atom. The topological polar surface area (TPSA) is 120 Å². The van der Waals surface area contributed by atoms with Gasteiger partial charge in [0, 0.05) is 18.1 Å². The highest BCUT2D eigenvalue weighted by Gasteiger charge is 2.21. The van der Waals surface area contributed by atoms with Crippen LogP contribution in [0.15, 0.2) is 28.4 Å². The molecule has 0 saturated heterocycles. The van der Waals surface area contributed by atoms with E-state index in [0.29, 0.717) is 33.3 Å². The summed E-state index contributed by atoms with van der Waals surface area (Å²) in [6, 6.07) is 1.72. The molecule has 0 saturated carbocycles. The highest BCUT2D eigenvalue weighted by atomic mass is 32.2. The van der Waals surface area contributed by atoms with Crippen LogP contribution >= 0.6 is 11.8 Å². The molecule has 0 aromatic carbocycles. The van der Waals surface area contributed by atoms with Crippen LogP contribution in [0.4, 0.5) is 0 Å². The van der Waals surface area contributed by atoms with Crippen molar-refractivity contribution < 1.29 is 9.53 Å². The fourth-order valence-corrected chi connectivity index (χ4v) is 3.54. The molecule has 0 atom stereocenters. The number of aromatic nitrogens is 7. The van der Waals surface area contributed by atoms with Crippen LogP contribution in [0.25, 0.3) is 22.5 Å². The fraction of sp³-hybridized carbons (Fsp3) is 0.294. The molecule has 0 spiro atoms. The monoisotopic (exact) mass is 399 g/mol. The van der Waals surface area contributed by atoms with E-state index in [4.69, 9.17) is 4.74 Å². The lowest BCUT2D eigenvalue weighted by atomic mass is 10.2. The van der Waals surface area contributed by atoms with Crippen LogP contribution in [0.3, 0.4) is 0 Å². The number of pyridine rings is 1. The number of rotatable bonds is 5. The minimum Gasteiger partial charge on any atom is -0.465 e. The number of aromatic amines is 1. The smallest absolute Gasteiger partial charge is 0.343 e. The van der Waals surface area contributed by atoms with Crippen LogP contribution < -0.4 is 5.56 Å². The van der Waals surface area contributed by atoms with E-state index in [1.54, 1.807) is 19.2 Å². The first kappa shape index (κ1) is 18.2. The van der Waals surface area contributed by atoms with Gasteiger partial charge in [0.25, 0.3) is 5.56 Å². The Kier molecular flexibility index (Phi) is 4.59. The predicted molar refractivity (Wildman–Crippen MR) is 103 cm³/mol. The molecular weight excluding hydrogens is 382 g/mol. The van der Waals surface area contributed by atoms with Crippen molar-refractivity contribution in [3.05, 3.63) is 40.1 Å². The van der Waals surface area contributed by atoms with Crippen LogP contribution in [0.5, 0.6) is 0 Å². The van der Waals surface area contributed by atoms with Gasteiger partial charge in [-0.15, -0.1) is 5.10 Å². The maximum Gasteiger partial charge on any atom is 0.343 e. The van der Waals surface area contributed by atoms with Gasteiger partial charge in [0.2, 0.25) is 11.1 Å². The Morgan fingerprint density at radius 2 is 2.21 bits per heavy atom. The Morgan fingerprint density at radius 1 is 1.39 bits per heavy atom. The summed E-state index contributed by atoms with van der Waals surface area (Å²) in [6.07, 6.45) is 4.02. The van der Waals surface area contributed by atoms with Crippen LogP contribution in [0.2, 0.25) is 0 Å². The highest BCUT2D eigenvalue weighted by molar-refractivity contribution is 7.99. The second kappa shape index (κ2) is 7.08. The van der Waals surface area contributed by atoms with Crippen molar-refractivity contribution in [2.24, 2.45) is 0 Å². The largest absolute Gasteiger partial charge is 0.465 e.